The average Bonchev–Trinajstić information content (AvgIpc) is 2.98. The van der Waals surface area contributed by atoms with Crippen LogP contribution in [0.5, 0.6) is 0 Å². The van der Waals surface area contributed by atoms with Gasteiger partial charge in [0.1, 0.15) is 5.82 Å². The third-order valence-corrected chi connectivity index (χ3v) is 3.70. The molecule has 6 heteroatoms. The lowest BCUT2D eigenvalue weighted by molar-refractivity contribution is -0.115. The number of carbonyl (C=O) groups is 1. The van der Waals surface area contributed by atoms with Crippen LogP contribution in [0.4, 0.5) is 10.1 Å². The Morgan fingerprint density at radius 2 is 1.91 bits per heavy atom. The molecule has 0 spiro atoms. The molecule has 0 unspecified atom stereocenters. The second-order valence-corrected chi connectivity index (χ2v) is 5.81. The van der Waals surface area contributed by atoms with Gasteiger partial charge in [-0.3, -0.25) is 4.79 Å². The first-order valence-corrected chi connectivity index (χ1v) is 7.67. The molecule has 23 heavy (non-hydrogen) atoms. The van der Waals surface area contributed by atoms with Gasteiger partial charge in [-0.15, -0.1) is 0 Å². The summed E-state index contributed by atoms with van der Waals surface area (Å²) in [6.45, 7) is 0. The van der Waals surface area contributed by atoms with Gasteiger partial charge >= 0.3 is 0 Å². The van der Waals surface area contributed by atoms with Crippen molar-refractivity contribution in [3.63, 3.8) is 0 Å². The van der Waals surface area contributed by atoms with E-state index >= 15 is 0 Å². The summed E-state index contributed by atoms with van der Waals surface area (Å²) in [7, 11) is 0. The molecule has 0 radical (unpaired) electrons. The highest BCUT2D eigenvalue weighted by Gasteiger charge is 2.13. The van der Waals surface area contributed by atoms with Crippen molar-refractivity contribution in [2.45, 2.75) is 6.42 Å². The number of nitrogens with one attached hydrogen (secondary N) is 1. The molecule has 0 fully saturated rings. The van der Waals surface area contributed by atoms with E-state index in [-0.39, 0.29) is 12.3 Å². The lowest BCUT2D eigenvalue weighted by Crippen LogP contribution is -2.14. The summed E-state index contributed by atoms with van der Waals surface area (Å²) in [6.07, 6.45) is 0.0496. The maximum Gasteiger partial charge on any atom is 0.230 e. The summed E-state index contributed by atoms with van der Waals surface area (Å²) in [5, 5.41) is 6.58. The lowest BCUT2D eigenvalue weighted by atomic mass is 10.1. The zero-order chi connectivity index (χ0) is 16.2. The number of aromatic nitrogens is 1. The molecule has 116 valence electrons. The van der Waals surface area contributed by atoms with Gasteiger partial charge in [-0.1, -0.05) is 33.2 Å². The third kappa shape index (κ3) is 3.84. The van der Waals surface area contributed by atoms with E-state index in [1.54, 1.807) is 36.4 Å². The number of carbonyl (C=O) groups excluding carboxylic acids is 1. The Hall–Kier alpha value is -2.47. The van der Waals surface area contributed by atoms with E-state index in [9.17, 15) is 9.18 Å². The summed E-state index contributed by atoms with van der Waals surface area (Å²) in [6, 6.07) is 15.1. The van der Waals surface area contributed by atoms with Crippen molar-refractivity contribution in [3.05, 3.63) is 70.6 Å². The number of anilines is 1. The zero-order valence-electron chi connectivity index (χ0n) is 11.9. The Morgan fingerprint density at radius 3 is 2.65 bits per heavy atom. The molecule has 1 amide bonds. The molecule has 1 N–H and O–H groups in total. The zero-order valence-corrected chi connectivity index (χ0v) is 13.5. The fourth-order valence-corrected chi connectivity index (χ4v) is 2.35. The topological polar surface area (TPSA) is 55.1 Å². The smallest absolute Gasteiger partial charge is 0.230 e. The molecule has 0 bridgehead atoms. The Bertz CT molecular complexity index is 831. The molecule has 0 aliphatic heterocycles. The van der Waals surface area contributed by atoms with E-state index < -0.39 is 5.82 Å². The Kier molecular flexibility index (Phi) is 4.52. The molecular formula is C17H12BrFN2O2. The molecule has 0 saturated carbocycles. The Labute approximate surface area is 140 Å². The van der Waals surface area contributed by atoms with Gasteiger partial charge in [-0.05, 0) is 36.4 Å². The Balaban J connectivity index is 1.68. The summed E-state index contributed by atoms with van der Waals surface area (Å²) in [5.41, 5.74) is 1.45. The number of hydrogen-bond acceptors (Lipinski definition) is 3. The van der Waals surface area contributed by atoms with Crippen LogP contribution >= 0.6 is 15.9 Å². The highest BCUT2D eigenvalue weighted by Crippen LogP contribution is 2.23. The number of hydrogen-bond donors (Lipinski definition) is 1. The van der Waals surface area contributed by atoms with Gasteiger partial charge in [-0.25, -0.2) is 4.39 Å². The minimum Gasteiger partial charge on any atom is -0.356 e. The molecular weight excluding hydrogens is 363 g/mol. The van der Waals surface area contributed by atoms with E-state index in [1.807, 2.05) is 12.1 Å². The van der Waals surface area contributed by atoms with Crippen molar-refractivity contribution >= 4 is 27.5 Å². The molecule has 3 aromatic rings. The van der Waals surface area contributed by atoms with Crippen molar-refractivity contribution in [1.82, 2.24) is 5.16 Å². The fraction of sp³-hybridized carbons (Fsp3) is 0.0588. The van der Waals surface area contributed by atoms with Crippen molar-refractivity contribution in [3.8, 4) is 11.3 Å². The predicted molar refractivity (Wildman–Crippen MR) is 88.4 cm³/mol. The molecule has 0 saturated heterocycles. The van der Waals surface area contributed by atoms with E-state index in [0.29, 0.717) is 22.7 Å². The van der Waals surface area contributed by atoms with Crippen molar-refractivity contribution in [2.75, 3.05) is 5.32 Å². The average molecular weight is 375 g/mol. The van der Waals surface area contributed by atoms with Crippen LogP contribution in [-0.4, -0.2) is 11.1 Å². The minimum absolute atomic E-state index is 0.0496. The van der Waals surface area contributed by atoms with Gasteiger partial charge in [0.2, 0.25) is 5.91 Å². The van der Waals surface area contributed by atoms with Gasteiger partial charge in [0.05, 0.1) is 17.7 Å². The van der Waals surface area contributed by atoms with Crippen LogP contribution in [0.15, 0.2) is 63.6 Å². The normalized spacial score (nSPS) is 10.5. The summed E-state index contributed by atoms with van der Waals surface area (Å²) >= 11 is 3.33. The maximum absolute atomic E-state index is 13.7. The van der Waals surface area contributed by atoms with Crippen LogP contribution in [0.2, 0.25) is 0 Å². The molecule has 0 atom stereocenters. The standard InChI is InChI=1S/C17H12BrFN2O2/c18-11-5-7-12(8-6-11)20-17(22)10-13-9-16(23-21-13)14-3-1-2-4-15(14)19/h1-9H,10H2,(H,20,22). The monoisotopic (exact) mass is 374 g/mol. The van der Waals surface area contributed by atoms with Crippen LogP contribution in [0.1, 0.15) is 5.69 Å². The molecule has 0 aliphatic carbocycles. The first-order chi connectivity index (χ1) is 11.1. The van der Waals surface area contributed by atoms with Gasteiger partial charge < -0.3 is 9.84 Å². The summed E-state index contributed by atoms with van der Waals surface area (Å²) < 4.78 is 19.8. The maximum atomic E-state index is 13.7. The van der Waals surface area contributed by atoms with E-state index in [4.69, 9.17) is 4.52 Å². The van der Waals surface area contributed by atoms with E-state index in [2.05, 4.69) is 26.4 Å². The number of rotatable bonds is 4. The van der Waals surface area contributed by atoms with Gasteiger partial charge in [0.15, 0.2) is 5.76 Å². The third-order valence-electron chi connectivity index (χ3n) is 3.17. The van der Waals surface area contributed by atoms with Crippen LogP contribution in [-0.2, 0) is 11.2 Å². The van der Waals surface area contributed by atoms with Gasteiger partial charge in [0.25, 0.3) is 0 Å². The minimum atomic E-state index is -0.394. The number of nitrogens with zero attached hydrogens (tertiary/aromatic N) is 1. The van der Waals surface area contributed by atoms with Gasteiger partial charge in [-0.2, -0.15) is 0 Å². The second-order valence-electron chi connectivity index (χ2n) is 4.89. The van der Waals surface area contributed by atoms with Crippen LogP contribution in [0, 0.1) is 5.82 Å². The molecule has 1 heterocycles. The molecule has 0 aliphatic rings. The summed E-state index contributed by atoms with van der Waals surface area (Å²) in [5.74, 6) is -0.315. The van der Waals surface area contributed by atoms with Crippen LogP contribution in [0.25, 0.3) is 11.3 Å². The lowest BCUT2D eigenvalue weighted by Gasteiger charge is -2.03. The SMILES string of the molecule is O=C(Cc1cc(-c2ccccc2F)on1)Nc1ccc(Br)cc1. The quantitative estimate of drug-likeness (QED) is 0.734. The van der Waals surface area contributed by atoms with Crippen molar-refractivity contribution in [1.29, 1.82) is 0 Å². The molecule has 2 aromatic carbocycles. The first kappa shape index (κ1) is 15.4. The number of halogens is 2. The predicted octanol–water partition coefficient (Wildman–Crippen LogP) is 4.42. The second kappa shape index (κ2) is 6.75. The van der Waals surface area contributed by atoms with Crippen molar-refractivity contribution < 1.29 is 13.7 Å². The highest BCUT2D eigenvalue weighted by molar-refractivity contribution is 9.10. The first-order valence-electron chi connectivity index (χ1n) is 6.88. The van der Waals surface area contributed by atoms with Gasteiger partial charge in [0, 0.05) is 16.2 Å². The van der Waals surface area contributed by atoms with Crippen LogP contribution < -0.4 is 5.32 Å². The molecule has 3 rings (SSSR count). The fourth-order valence-electron chi connectivity index (χ4n) is 2.09. The molecule has 4 nitrogen and oxygen atoms in total. The number of benzene rings is 2. The largest absolute Gasteiger partial charge is 0.356 e. The Morgan fingerprint density at radius 1 is 1.17 bits per heavy atom. The van der Waals surface area contributed by atoms with Crippen molar-refractivity contribution in [2.24, 2.45) is 0 Å². The van der Waals surface area contributed by atoms with E-state index in [0.717, 1.165) is 4.47 Å². The summed E-state index contributed by atoms with van der Waals surface area (Å²) in [4.78, 5) is 12.0. The molecule has 1 aromatic heterocycles. The highest BCUT2D eigenvalue weighted by atomic mass is 79.9. The number of amides is 1. The van der Waals surface area contributed by atoms with E-state index in [1.165, 1.54) is 6.07 Å². The van der Waals surface area contributed by atoms with Crippen LogP contribution in [0.3, 0.4) is 0 Å².